The average molecular weight is 411 g/mol. The van der Waals surface area contributed by atoms with Gasteiger partial charge in [0.05, 0.1) is 32.3 Å². The maximum Gasteiger partial charge on any atom is 0.205 e. The Hall–Kier alpha value is -3.26. The zero-order valence-corrected chi connectivity index (χ0v) is 17.3. The van der Waals surface area contributed by atoms with Crippen molar-refractivity contribution in [2.45, 2.75) is 18.4 Å². The number of benzene rings is 2. The highest BCUT2D eigenvalue weighted by atomic mass is 16.5. The van der Waals surface area contributed by atoms with Gasteiger partial charge in [0.15, 0.2) is 11.5 Å². The maximum absolute atomic E-state index is 11.1. The average Bonchev–Trinajstić information content (AvgIpc) is 2.78. The maximum atomic E-state index is 11.1. The Morgan fingerprint density at radius 1 is 0.933 bits per heavy atom. The van der Waals surface area contributed by atoms with Crippen LogP contribution in [0.25, 0.3) is 10.9 Å². The zero-order valence-electron chi connectivity index (χ0n) is 17.3. The first kappa shape index (κ1) is 20.0. The lowest BCUT2D eigenvalue weighted by Gasteiger charge is -2.39. The van der Waals surface area contributed by atoms with Gasteiger partial charge in [-0.2, -0.15) is 0 Å². The number of anilines is 1. The molecule has 0 atom stereocenters. The smallest absolute Gasteiger partial charge is 0.205 e. The lowest BCUT2D eigenvalue weighted by Crippen LogP contribution is -2.43. The van der Waals surface area contributed by atoms with Gasteiger partial charge in [-0.15, -0.1) is 0 Å². The summed E-state index contributed by atoms with van der Waals surface area (Å²) in [5.74, 6) is 2.46. The van der Waals surface area contributed by atoms with Crippen LogP contribution in [0.15, 0.2) is 36.7 Å². The van der Waals surface area contributed by atoms with Crippen LogP contribution in [0.3, 0.4) is 0 Å². The monoisotopic (exact) mass is 411 g/mol. The van der Waals surface area contributed by atoms with Crippen LogP contribution in [0.2, 0.25) is 0 Å². The second-order valence-corrected chi connectivity index (χ2v) is 7.30. The summed E-state index contributed by atoms with van der Waals surface area (Å²) in [6, 6.07) is 8.60. The third-order valence-electron chi connectivity index (χ3n) is 5.71. The van der Waals surface area contributed by atoms with Gasteiger partial charge in [0, 0.05) is 13.1 Å². The Morgan fingerprint density at radius 3 is 2.20 bits per heavy atom. The molecule has 8 nitrogen and oxygen atoms in total. The number of fused-ring (bicyclic) bond motifs is 1. The Bertz CT molecular complexity index is 1050. The van der Waals surface area contributed by atoms with Crippen molar-refractivity contribution in [1.29, 1.82) is 0 Å². The molecule has 1 aromatic heterocycles. The molecule has 1 aliphatic heterocycles. The molecule has 158 valence electrons. The van der Waals surface area contributed by atoms with E-state index in [-0.39, 0.29) is 5.75 Å². The van der Waals surface area contributed by atoms with Gasteiger partial charge in [-0.3, -0.25) is 0 Å². The predicted octanol–water partition coefficient (Wildman–Crippen LogP) is 2.85. The third-order valence-corrected chi connectivity index (χ3v) is 5.71. The van der Waals surface area contributed by atoms with Crippen molar-refractivity contribution in [3.8, 4) is 23.0 Å². The van der Waals surface area contributed by atoms with Crippen LogP contribution in [0, 0.1) is 0 Å². The standard InChI is InChI=1S/C22H25N3O5/c1-28-17-12-16-18(20(30-3)19(17)29-2)23-13-24-21(16)25-10-8-22(27,9-11-25)14-4-6-15(26)7-5-14/h4-7,12-13,26-27H,8-11H2,1-3H3. The van der Waals surface area contributed by atoms with Crippen molar-refractivity contribution in [3.05, 3.63) is 42.2 Å². The lowest BCUT2D eigenvalue weighted by atomic mass is 9.84. The van der Waals surface area contributed by atoms with Crippen molar-refractivity contribution in [2.24, 2.45) is 0 Å². The number of aromatic hydroxyl groups is 1. The number of phenols is 1. The first-order valence-corrected chi connectivity index (χ1v) is 9.71. The summed E-state index contributed by atoms with van der Waals surface area (Å²) in [5.41, 5.74) is 0.506. The highest BCUT2D eigenvalue weighted by Gasteiger charge is 2.35. The van der Waals surface area contributed by atoms with E-state index in [1.807, 2.05) is 6.07 Å². The first-order valence-electron chi connectivity index (χ1n) is 9.71. The van der Waals surface area contributed by atoms with E-state index in [0.29, 0.717) is 48.7 Å². The molecule has 1 aliphatic rings. The molecule has 3 aromatic rings. The number of rotatable bonds is 5. The van der Waals surface area contributed by atoms with E-state index in [1.165, 1.54) is 6.33 Å². The molecule has 2 heterocycles. The number of nitrogens with zero attached hydrogens (tertiary/aromatic N) is 3. The minimum absolute atomic E-state index is 0.186. The van der Waals surface area contributed by atoms with Crippen LogP contribution in [0.1, 0.15) is 18.4 Å². The Balaban J connectivity index is 1.68. The molecule has 0 aliphatic carbocycles. The van der Waals surface area contributed by atoms with Crippen molar-refractivity contribution >= 4 is 16.7 Å². The Kier molecular flexibility index (Phi) is 5.26. The van der Waals surface area contributed by atoms with E-state index in [2.05, 4.69) is 14.9 Å². The number of phenolic OH excluding ortho intramolecular Hbond substituents is 1. The fourth-order valence-corrected chi connectivity index (χ4v) is 4.05. The lowest BCUT2D eigenvalue weighted by molar-refractivity contribution is 0.0117. The Labute approximate surface area is 174 Å². The molecule has 0 bridgehead atoms. The number of aliphatic hydroxyl groups is 1. The number of ether oxygens (including phenoxy) is 3. The van der Waals surface area contributed by atoms with E-state index in [9.17, 15) is 10.2 Å². The van der Waals surface area contributed by atoms with Crippen LogP contribution in [-0.4, -0.2) is 54.6 Å². The molecule has 2 N–H and O–H groups in total. The van der Waals surface area contributed by atoms with Gasteiger partial charge >= 0.3 is 0 Å². The first-order chi connectivity index (χ1) is 14.5. The molecule has 2 aromatic carbocycles. The van der Waals surface area contributed by atoms with Crippen LogP contribution >= 0.6 is 0 Å². The van der Waals surface area contributed by atoms with Gasteiger partial charge in [0.2, 0.25) is 5.75 Å². The topological polar surface area (TPSA) is 97.2 Å². The van der Waals surface area contributed by atoms with Gasteiger partial charge in [-0.1, -0.05) is 12.1 Å². The summed E-state index contributed by atoms with van der Waals surface area (Å²) in [5, 5.41) is 21.5. The van der Waals surface area contributed by atoms with Crippen LogP contribution in [-0.2, 0) is 5.60 Å². The minimum atomic E-state index is -0.939. The molecule has 0 spiro atoms. The minimum Gasteiger partial charge on any atom is -0.508 e. The Morgan fingerprint density at radius 2 is 1.60 bits per heavy atom. The van der Waals surface area contributed by atoms with Crippen LogP contribution in [0.4, 0.5) is 5.82 Å². The van der Waals surface area contributed by atoms with Gasteiger partial charge in [-0.05, 0) is 36.6 Å². The molecular weight excluding hydrogens is 386 g/mol. The zero-order chi connectivity index (χ0) is 21.3. The predicted molar refractivity (Wildman–Crippen MR) is 113 cm³/mol. The molecule has 30 heavy (non-hydrogen) atoms. The summed E-state index contributed by atoms with van der Waals surface area (Å²) < 4.78 is 16.5. The van der Waals surface area contributed by atoms with Crippen molar-refractivity contribution in [1.82, 2.24) is 9.97 Å². The SMILES string of the molecule is COc1cc2c(N3CCC(O)(c4ccc(O)cc4)CC3)ncnc2c(OC)c1OC. The summed E-state index contributed by atoms with van der Waals surface area (Å²) in [6.07, 6.45) is 2.58. The summed E-state index contributed by atoms with van der Waals surface area (Å²) in [6.45, 7) is 1.22. The van der Waals surface area contributed by atoms with E-state index in [4.69, 9.17) is 14.2 Å². The summed E-state index contributed by atoms with van der Waals surface area (Å²) in [4.78, 5) is 11.1. The molecule has 4 rings (SSSR count). The van der Waals surface area contributed by atoms with Gasteiger partial charge in [0.1, 0.15) is 23.4 Å². The van der Waals surface area contributed by atoms with E-state index < -0.39 is 5.60 Å². The van der Waals surface area contributed by atoms with Gasteiger partial charge in [0.25, 0.3) is 0 Å². The quantitative estimate of drug-likeness (QED) is 0.662. The number of hydrogen-bond acceptors (Lipinski definition) is 8. The largest absolute Gasteiger partial charge is 0.508 e. The van der Waals surface area contributed by atoms with E-state index in [0.717, 1.165) is 16.8 Å². The van der Waals surface area contributed by atoms with Gasteiger partial charge in [-0.25, -0.2) is 9.97 Å². The summed E-state index contributed by atoms with van der Waals surface area (Å²) in [7, 11) is 4.70. The van der Waals surface area contributed by atoms with Crippen molar-refractivity contribution < 1.29 is 24.4 Å². The molecule has 0 amide bonds. The molecule has 0 saturated carbocycles. The van der Waals surface area contributed by atoms with Crippen molar-refractivity contribution in [3.63, 3.8) is 0 Å². The number of hydrogen-bond donors (Lipinski definition) is 2. The number of methoxy groups -OCH3 is 3. The molecule has 1 saturated heterocycles. The van der Waals surface area contributed by atoms with E-state index in [1.54, 1.807) is 45.6 Å². The van der Waals surface area contributed by atoms with E-state index >= 15 is 0 Å². The van der Waals surface area contributed by atoms with Crippen molar-refractivity contribution in [2.75, 3.05) is 39.3 Å². The fraction of sp³-hybridized carbons (Fsp3) is 0.364. The molecule has 8 heteroatoms. The molecular formula is C22H25N3O5. The molecule has 0 unspecified atom stereocenters. The number of aromatic nitrogens is 2. The third kappa shape index (κ3) is 3.33. The fourth-order valence-electron chi connectivity index (χ4n) is 4.05. The van der Waals surface area contributed by atoms with Gasteiger partial charge < -0.3 is 29.3 Å². The normalized spacial score (nSPS) is 15.8. The number of piperidine rings is 1. The molecule has 1 fully saturated rings. The van der Waals surface area contributed by atoms with Crippen LogP contribution < -0.4 is 19.1 Å². The highest BCUT2D eigenvalue weighted by Crippen LogP contribution is 2.45. The van der Waals surface area contributed by atoms with Crippen LogP contribution in [0.5, 0.6) is 23.0 Å². The highest BCUT2D eigenvalue weighted by molar-refractivity contribution is 5.97. The second-order valence-electron chi connectivity index (χ2n) is 7.30. The molecule has 0 radical (unpaired) electrons. The summed E-state index contributed by atoms with van der Waals surface area (Å²) >= 11 is 0. The second kappa shape index (κ2) is 7.87.